The van der Waals surface area contributed by atoms with Crippen LogP contribution in [0.1, 0.15) is 95.9 Å². The van der Waals surface area contributed by atoms with Crippen molar-refractivity contribution in [3.63, 3.8) is 0 Å². The van der Waals surface area contributed by atoms with Crippen LogP contribution in [0.5, 0.6) is 0 Å². The lowest BCUT2D eigenvalue weighted by atomic mass is 9.84. The standard InChI is InChI=1S/C54H76O6P2Si4/c1-63(2,3)43-31-35-21-13-17-25-39(35)47-48-40-26-18-14-22-36(40)32-44(64(4,5)6)52(48)58-61(57-51(43)47)55-29-30-56-62-59-53-45(65(7,8)9)33-37-23-15-19-27-41(37)49(53)50-42-28-20-16-24-38(42)34-46(54(50)60-62)66(10,11)12/h31-34H,13-30H2,1-12H3. The summed E-state index contributed by atoms with van der Waals surface area (Å²) >= 11 is 0. The van der Waals surface area contributed by atoms with Gasteiger partial charge in [0.2, 0.25) is 0 Å². The van der Waals surface area contributed by atoms with E-state index in [4.69, 9.17) is 25.8 Å². The highest BCUT2D eigenvalue weighted by Gasteiger charge is 2.34. The van der Waals surface area contributed by atoms with Crippen LogP contribution in [0.25, 0.3) is 43.9 Å². The molecule has 10 rings (SSSR count). The Morgan fingerprint density at radius 3 is 0.773 bits per heavy atom. The van der Waals surface area contributed by atoms with Gasteiger partial charge in [0.05, 0.1) is 45.5 Å². The Balaban J connectivity index is 1.15. The number of hydrogen-bond donors (Lipinski definition) is 0. The van der Waals surface area contributed by atoms with Crippen molar-refractivity contribution in [1.29, 1.82) is 0 Å². The van der Waals surface area contributed by atoms with Crippen LogP contribution in [0.15, 0.2) is 41.1 Å². The lowest BCUT2D eigenvalue weighted by Gasteiger charge is -2.27. The molecule has 0 bridgehead atoms. The molecule has 0 unspecified atom stereocenters. The number of hydrogen-bond acceptors (Lipinski definition) is 6. The fourth-order valence-electron chi connectivity index (χ4n) is 11.9. The van der Waals surface area contributed by atoms with Crippen LogP contribution in [-0.4, -0.2) is 45.5 Å². The molecule has 0 saturated heterocycles. The average Bonchev–Trinajstić information content (AvgIpc) is 3.54. The van der Waals surface area contributed by atoms with Crippen molar-refractivity contribution < 1.29 is 25.8 Å². The molecule has 4 aliphatic carbocycles. The first kappa shape index (κ1) is 47.2. The minimum Gasteiger partial charge on any atom is -0.399 e. The van der Waals surface area contributed by atoms with E-state index in [1.54, 1.807) is 0 Å². The van der Waals surface area contributed by atoms with Crippen LogP contribution >= 0.6 is 16.5 Å². The number of aryl methyl sites for hydroxylation is 8. The predicted octanol–water partition coefficient (Wildman–Crippen LogP) is 14.1. The Hall–Kier alpha value is -2.53. The number of benzene rings is 4. The maximum absolute atomic E-state index is 7.31. The summed E-state index contributed by atoms with van der Waals surface area (Å²) in [5.41, 5.74) is 16.2. The molecule has 0 atom stereocenters. The smallest absolute Gasteiger partial charge is 0.387 e. The van der Waals surface area contributed by atoms with Crippen LogP contribution < -0.4 is 29.8 Å². The van der Waals surface area contributed by atoms with E-state index in [0.717, 1.165) is 73.7 Å². The molecular weight excluding hydrogens is 919 g/mol. The first-order valence-electron chi connectivity index (χ1n) is 25.6. The largest absolute Gasteiger partial charge is 0.399 e. The second-order valence-corrected chi connectivity index (χ2v) is 46.7. The predicted molar refractivity (Wildman–Crippen MR) is 294 cm³/mol. The maximum atomic E-state index is 7.31. The summed E-state index contributed by atoms with van der Waals surface area (Å²) in [6, 6.07) is 10.1. The van der Waals surface area contributed by atoms with Gasteiger partial charge < -0.3 is 16.8 Å². The van der Waals surface area contributed by atoms with Gasteiger partial charge in [0.1, 0.15) is 22.3 Å². The van der Waals surface area contributed by atoms with Gasteiger partial charge in [-0.05, 0) is 168 Å². The van der Waals surface area contributed by atoms with Gasteiger partial charge in [-0.2, -0.15) is 0 Å². The minimum atomic E-state index is -1.88. The first-order chi connectivity index (χ1) is 31.3. The van der Waals surface area contributed by atoms with E-state index in [2.05, 4.69) is 103 Å². The molecule has 2 aromatic heterocycles. The normalized spacial score (nSPS) is 17.0. The van der Waals surface area contributed by atoms with Crippen LogP contribution in [0.2, 0.25) is 78.6 Å². The molecule has 6 aromatic rings. The van der Waals surface area contributed by atoms with Crippen molar-refractivity contribution in [2.75, 3.05) is 13.2 Å². The molecule has 4 aromatic carbocycles. The van der Waals surface area contributed by atoms with Crippen LogP contribution in [0, 0.1) is 0 Å². The Labute approximate surface area is 400 Å². The zero-order chi connectivity index (χ0) is 46.5. The summed E-state index contributed by atoms with van der Waals surface area (Å²) in [6.45, 7) is 30.2. The summed E-state index contributed by atoms with van der Waals surface area (Å²) in [7, 11) is -11.1. The lowest BCUT2D eigenvalue weighted by molar-refractivity contribution is 0.281. The Morgan fingerprint density at radius 2 is 0.561 bits per heavy atom. The van der Waals surface area contributed by atoms with Crippen molar-refractivity contribution in [1.82, 2.24) is 0 Å². The van der Waals surface area contributed by atoms with E-state index in [9.17, 15) is 0 Å². The fourth-order valence-corrected chi connectivity index (χ4v) is 20.2. The van der Waals surface area contributed by atoms with Gasteiger partial charge in [-0.3, -0.25) is 9.05 Å². The minimum absolute atomic E-state index is 0.304. The molecule has 2 heterocycles. The Kier molecular flexibility index (Phi) is 12.6. The van der Waals surface area contributed by atoms with Gasteiger partial charge in [0.25, 0.3) is 0 Å². The molecular formula is C54H76O6P2Si4. The van der Waals surface area contributed by atoms with E-state index >= 15 is 0 Å². The average molecular weight is 995 g/mol. The SMILES string of the molecule is C[Si](C)(C)c1cc2c(c3c1op(OCCOp1oc4c([Si](C)(C)C)cc5c(c4c4c6c(cc([Si](C)(C)C)c4o1)CCCC6)CCCC5)oc1c([Si](C)(C)C)cc4c(c13)CCCC4)CCCC2. The summed E-state index contributed by atoms with van der Waals surface area (Å²) in [4.78, 5) is 0. The number of rotatable bonds is 9. The zero-order valence-corrected chi connectivity index (χ0v) is 48.2. The summed E-state index contributed by atoms with van der Waals surface area (Å²) < 4.78 is 43.0. The molecule has 0 fully saturated rings. The monoisotopic (exact) mass is 994 g/mol. The highest BCUT2D eigenvalue weighted by atomic mass is 31.1. The van der Waals surface area contributed by atoms with Gasteiger partial charge in [-0.15, -0.1) is 0 Å². The van der Waals surface area contributed by atoms with E-state index < -0.39 is 48.8 Å². The molecule has 66 heavy (non-hydrogen) atoms. The Bertz CT molecular complexity index is 2600. The van der Waals surface area contributed by atoms with Crippen molar-refractivity contribution in [2.24, 2.45) is 0 Å². The third-order valence-corrected chi connectivity index (χ3v) is 25.3. The third-order valence-electron chi connectivity index (χ3n) is 15.3. The van der Waals surface area contributed by atoms with Gasteiger partial charge in [0, 0.05) is 21.5 Å². The third kappa shape index (κ3) is 8.73. The molecule has 0 radical (unpaired) electrons. The van der Waals surface area contributed by atoms with Gasteiger partial charge in [-0.1, -0.05) is 103 Å². The molecule has 0 saturated carbocycles. The van der Waals surface area contributed by atoms with Crippen molar-refractivity contribution in [2.45, 2.75) is 181 Å². The molecule has 354 valence electrons. The molecule has 0 amide bonds. The molecule has 12 heteroatoms. The van der Waals surface area contributed by atoms with Gasteiger partial charge in [-0.25, -0.2) is 0 Å². The van der Waals surface area contributed by atoms with Crippen molar-refractivity contribution in [3.8, 4) is 0 Å². The summed E-state index contributed by atoms with van der Waals surface area (Å²) in [6.07, 6.45) is 18.8. The molecule has 4 aliphatic rings. The Morgan fingerprint density at radius 1 is 0.348 bits per heavy atom. The fraction of sp³-hybridized carbons (Fsp3) is 0.556. The zero-order valence-electron chi connectivity index (χ0n) is 42.4. The number of fused-ring (bicyclic) bond motifs is 14. The second kappa shape index (κ2) is 17.7. The quantitative estimate of drug-likeness (QED) is 0.106. The summed E-state index contributed by atoms with van der Waals surface area (Å²) in [5, 5.41) is 10.9. The van der Waals surface area contributed by atoms with Crippen molar-refractivity contribution >= 4 is 113 Å². The highest BCUT2D eigenvalue weighted by molar-refractivity contribution is 7.32. The maximum Gasteiger partial charge on any atom is 0.387 e. The molecule has 0 N–H and O–H groups in total. The van der Waals surface area contributed by atoms with Crippen LogP contribution in [-0.2, 0) is 51.4 Å². The van der Waals surface area contributed by atoms with Crippen molar-refractivity contribution in [3.05, 3.63) is 68.8 Å². The van der Waals surface area contributed by atoms with E-state index in [1.807, 2.05) is 0 Å². The van der Waals surface area contributed by atoms with Crippen LogP contribution in [0.3, 0.4) is 0 Å². The van der Waals surface area contributed by atoms with E-state index in [1.165, 1.54) is 138 Å². The van der Waals surface area contributed by atoms with E-state index in [0.29, 0.717) is 13.2 Å². The molecule has 6 nitrogen and oxygen atoms in total. The van der Waals surface area contributed by atoms with E-state index in [-0.39, 0.29) is 0 Å². The first-order valence-corrected chi connectivity index (χ1v) is 41.8. The topological polar surface area (TPSA) is 71.0 Å². The second-order valence-electron chi connectivity index (χ2n) is 24.4. The lowest BCUT2D eigenvalue weighted by Crippen LogP contribution is -2.39. The van der Waals surface area contributed by atoms with Gasteiger partial charge >= 0.3 is 16.5 Å². The molecule has 0 aliphatic heterocycles. The summed E-state index contributed by atoms with van der Waals surface area (Å²) in [5.74, 6) is 0. The van der Waals surface area contributed by atoms with Crippen LogP contribution in [0.4, 0.5) is 0 Å². The highest BCUT2D eigenvalue weighted by Crippen LogP contribution is 2.44. The molecule has 0 spiro atoms. The van der Waals surface area contributed by atoms with Gasteiger partial charge in [0.15, 0.2) is 0 Å².